The molecule has 0 aliphatic heterocycles. The number of hydrogen-bond donors (Lipinski definition) is 1. The van der Waals surface area contributed by atoms with Gasteiger partial charge in [-0.15, -0.1) is 0 Å². The number of benzene rings is 1. The molecule has 2 aromatic heterocycles. The van der Waals surface area contributed by atoms with Gasteiger partial charge in [-0.25, -0.2) is 12.4 Å². The Labute approximate surface area is 141 Å². The minimum absolute atomic E-state index is 0.145. The van der Waals surface area contributed by atoms with Crippen molar-refractivity contribution in [3.8, 4) is 0 Å². The summed E-state index contributed by atoms with van der Waals surface area (Å²) >= 11 is 0. The summed E-state index contributed by atoms with van der Waals surface area (Å²) in [5.74, 6) is -0.145. The summed E-state index contributed by atoms with van der Waals surface area (Å²) in [6.07, 6.45) is 3.01. The molecular weight excluding hydrogens is 324 g/mol. The Kier molecular flexibility index (Phi) is 4.26. The monoisotopic (exact) mass is 342 g/mol. The van der Waals surface area contributed by atoms with Crippen LogP contribution in [0.4, 0.5) is 0 Å². The van der Waals surface area contributed by atoms with Gasteiger partial charge in [-0.2, -0.15) is 0 Å². The quantitative estimate of drug-likeness (QED) is 0.773. The third kappa shape index (κ3) is 3.11. The van der Waals surface area contributed by atoms with Gasteiger partial charge in [0.2, 0.25) is 10.0 Å². The smallest absolute Gasteiger partial charge is 0.242 e. The molecule has 2 heterocycles. The van der Waals surface area contributed by atoms with E-state index in [-0.39, 0.29) is 11.4 Å². The molecule has 1 atom stereocenters. The summed E-state index contributed by atoms with van der Waals surface area (Å²) < 4.78 is 26.7. The van der Waals surface area contributed by atoms with Crippen LogP contribution in [0.1, 0.15) is 23.9 Å². The van der Waals surface area contributed by atoms with Gasteiger partial charge in [-0.05, 0) is 36.8 Å². The van der Waals surface area contributed by atoms with Crippen molar-refractivity contribution < 1.29 is 13.5 Å². The van der Waals surface area contributed by atoms with Crippen LogP contribution in [0.5, 0.6) is 0 Å². The molecule has 0 bridgehead atoms. The van der Waals surface area contributed by atoms with Crippen molar-refractivity contribution in [2.75, 3.05) is 0 Å². The first-order valence-corrected chi connectivity index (χ1v) is 9.11. The third-order valence-corrected chi connectivity index (χ3v) is 5.48. The van der Waals surface area contributed by atoms with Crippen LogP contribution in [-0.2, 0) is 21.4 Å². The second kappa shape index (κ2) is 6.22. The average Bonchev–Trinajstić information content (AvgIpc) is 3.08. The van der Waals surface area contributed by atoms with Crippen LogP contribution in [0.3, 0.4) is 0 Å². The lowest BCUT2D eigenvalue weighted by Crippen LogP contribution is -2.30. The highest BCUT2D eigenvalue weighted by Gasteiger charge is 2.33. The standard InChI is InChI=1S/C18H18N2O3S/c1-18(21,16-10-5-6-12-19-16)17-11-7-13-20(17)24(22,23)14-15-8-3-2-4-9-15/h2-13,21H,14H2,1H3. The maximum atomic E-state index is 12.8. The van der Waals surface area contributed by atoms with Gasteiger partial charge in [0.05, 0.1) is 17.1 Å². The van der Waals surface area contributed by atoms with E-state index in [1.807, 2.05) is 6.07 Å². The van der Waals surface area contributed by atoms with Crippen LogP contribution in [0.2, 0.25) is 0 Å². The predicted molar refractivity (Wildman–Crippen MR) is 91.8 cm³/mol. The minimum Gasteiger partial charge on any atom is -0.377 e. The fourth-order valence-corrected chi connectivity index (χ4v) is 4.17. The number of pyridine rings is 1. The van der Waals surface area contributed by atoms with E-state index in [9.17, 15) is 13.5 Å². The molecular formula is C18H18N2O3S. The lowest BCUT2D eigenvalue weighted by Gasteiger charge is -2.24. The second-order valence-electron chi connectivity index (χ2n) is 5.72. The van der Waals surface area contributed by atoms with Crippen LogP contribution in [0.25, 0.3) is 0 Å². The number of hydrogen-bond acceptors (Lipinski definition) is 4. The fraction of sp³-hybridized carbons (Fsp3) is 0.167. The van der Waals surface area contributed by atoms with E-state index in [1.165, 1.54) is 6.20 Å². The first-order chi connectivity index (χ1) is 11.4. The summed E-state index contributed by atoms with van der Waals surface area (Å²) in [4.78, 5) is 4.16. The molecule has 3 rings (SSSR count). The van der Waals surface area contributed by atoms with Gasteiger partial charge in [0, 0.05) is 12.4 Å². The first kappa shape index (κ1) is 16.4. The molecule has 0 fully saturated rings. The van der Waals surface area contributed by atoms with Gasteiger partial charge >= 0.3 is 0 Å². The van der Waals surface area contributed by atoms with Crippen molar-refractivity contribution in [2.24, 2.45) is 0 Å². The first-order valence-electron chi connectivity index (χ1n) is 7.50. The third-order valence-electron chi connectivity index (χ3n) is 3.87. The molecule has 0 saturated carbocycles. The van der Waals surface area contributed by atoms with Gasteiger partial charge in [0.15, 0.2) is 0 Å². The molecule has 124 valence electrons. The molecule has 6 heteroatoms. The summed E-state index contributed by atoms with van der Waals surface area (Å²) in [7, 11) is -3.66. The zero-order valence-electron chi connectivity index (χ0n) is 13.2. The zero-order valence-corrected chi connectivity index (χ0v) is 14.0. The van der Waals surface area contributed by atoms with Crippen molar-refractivity contribution in [3.63, 3.8) is 0 Å². The zero-order chi connectivity index (χ0) is 17.2. The van der Waals surface area contributed by atoms with Gasteiger partial charge < -0.3 is 5.11 Å². The maximum Gasteiger partial charge on any atom is 0.242 e. The lowest BCUT2D eigenvalue weighted by atomic mass is 9.98. The summed E-state index contributed by atoms with van der Waals surface area (Å²) in [6.45, 7) is 1.54. The molecule has 0 amide bonds. The number of nitrogens with zero attached hydrogens (tertiary/aromatic N) is 2. The molecule has 0 saturated heterocycles. The Morgan fingerprint density at radius 2 is 1.75 bits per heavy atom. The predicted octanol–water partition coefficient (Wildman–Crippen LogP) is 2.52. The van der Waals surface area contributed by atoms with Crippen LogP contribution in [-0.4, -0.2) is 22.5 Å². The van der Waals surface area contributed by atoms with E-state index in [2.05, 4.69) is 4.98 Å². The normalized spacial score (nSPS) is 14.2. The number of rotatable bonds is 5. The Hall–Kier alpha value is -2.44. The van der Waals surface area contributed by atoms with Crippen LogP contribution >= 0.6 is 0 Å². The largest absolute Gasteiger partial charge is 0.377 e. The fourth-order valence-electron chi connectivity index (χ4n) is 2.62. The highest BCUT2D eigenvalue weighted by molar-refractivity contribution is 7.89. The molecule has 1 N–H and O–H groups in total. The van der Waals surface area contributed by atoms with E-state index in [4.69, 9.17) is 0 Å². The molecule has 0 radical (unpaired) electrons. The van der Waals surface area contributed by atoms with E-state index >= 15 is 0 Å². The molecule has 0 aliphatic rings. The molecule has 1 unspecified atom stereocenters. The summed E-state index contributed by atoms with van der Waals surface area (Å²) in [5, 5.41) is 10.9. The minimum atomic E-state index is -3.66. The highest BCUT2D eigenvalue weighted by atomic mass is 32.2. The number of aliphatic hydroxyl groups is 1. The molecule has 1 aromatic carbocycles. The van der Waals surface area contributed by atoms with Gasteiger partial charge in [-0.1, -0.05) is 36.4 Å². The van der Waals surface area contributed by atoms with Crippen molar-refractivity contribution in [3.05, 3.63) is 90.0 Å². The molecule has 5 nitrogen and oxygen atoms in total. The van der Waals surface area contributed by atoms with Gasteiger partial charge in [0.1, 0.15) is 5.60 Å². The van der Waals surface area contributed by atoms with E-state index < -0.39 is 15.6 Å². The van der Waals surface area contributed by atoms with Crippen LogP contribution in [0, 0.1) is 0 Å². The lowest BCUT2D eigenvalue weighted by molar-refractivity contribution is 0.0918. The van der Waals surface area contributed by atoms with E-state index in [0.717, 1.165) is 3.97 Å². The average molecular weight is 342 g/mol. The van der Waals surface area contributed by atoms with E-state index in [1.54, 1.807) is 67.7 Å². The summed E-state index contributed by atoms with van der Waals surface area (Å²) in [5.41, 5.74) is -0.180. The van der Waals surface area contributed by atoms with Crippen molar-refractivity contribution in [1.29, 1.82) is 0 Å². The SMILES string of the molecule is CC(O)(c1ccccn1)c1cccn1S(=O)(=O)Cc1ccccc1. The Morgan fingerprint density at radius 1 is 1.04 bits per heavy atom. The van der Waals surface area contributed by atoms with Gasteiger partial charge in [-0.3, -0.25) is 4.98 Å². The van der Waals surface area contributed by atoms with Crippen LogP contribution in [0.15, 0.2) is 73.1 Å². The second-order valence-corrected chi connectivity index (χ2v) is 7.56. The molecule has 24 heavy (non-hydrogen) atoms. The summed E-state index contributed by atoms with van der Waals surface area (Å²) in [6, 6.07) is 17.3. The van der Waals surface area contributed by atoms with Crippen molar-refractivity contribution in [1.82, 2.24) is 8.96 Å². The Balaban J connectivity index is 2.01. The van der Waals surface area contributed by atoms with Crippen LogP contribution < -0.4 is 0 Å². The molecule has 0 spiro atoms. The Morgan fingerprint density at radius 3 is 2.42 bits per heavy atom. The molecule has 3 aromatic rings. The van der Waals surface area contributed by atoms with Gasteiger partial charge in [0.25, 0.3) is 0 Å². The topological polar surface area (TPSA) is 72.2 Å². The number of aromatic nitrogens is 2. The molecule has 0 aliphatic carbocycles. The van der Waals surface area contributed by atoms with E-state index in [0.29, 0.717) is 11.3 Å². The maximum absolute atomic E-state index is 12.8. The Bertz CT molecular complexity index is 917. The van der Waals surface area contributed by atoms with Crippen molar-refractivity contribution >= 4 is 10.0 Å². The van der Waals surface area contributed by atoms with Crippen molar-refractivity contribution in [2.45, 2.75) is 18.3 Å². The highest BCUT2D eigenvalue weighted by Crippen LogP contribution is 2.29.